The van der Waals surface area contributed by atoms with Gasteiger partial charge < -0.3 is 15.4 Å². The van der Waals surface area contributed by atoms with Gasteiger partial charge in [0.2, 0.25) is 0 Å². The number of esters is 1. The Morgan fingerprint density at radius 3 is 2.27 bits per heavy atom. The Morgan fingerprint density at radius 2 is 1.68 bits per heavy atom. The Balaban J connectivity index is 1.98. The van der Waals surface area contributed by atoms with Crippen molar-refractivity contribution in [2.75, 3.05) is 7.11 Å². The minimum atomic E-state index is -0.623. The van der Waals surface area contributed by atoms with Crippen LogP contribution in [0.1, 0.15) is 17.2 Å². The molecule has 5 heteroatoms. The van der Waals surface area contributed by atoms with Crippen LogP contribution in [0.25, 0.3) is 0 Å². The first-order valence-electron chi connectivity index (χ1n) is 6.92. The summed E-state index contributed by atoms with van der Waals surface area (Å²) in [6, 6.07) is 18.6. The van der Waals surface area contributed by atoms with Gasteiger partial charge >= 0.3 is 5.97 Å². The molecule has 2 aromatic carbocycles. The zero-order valence-electron chi connectivity index (χ0n) is 12.3. The zero-order chi connectivity index (χ0) is 15.8. The van der Waals surface area contributed by atoms with E-state index in [0.29, 0.717) is 11.7 Å². The molecule has 0 bridgehead atoms. The second-order valence-corrected chi connectivity index (χ2v) is 5.09. The zero-order valence-corrected chi connectivity index (χ0v) is 13.1. The minimum absolute atomic E-state index is 0.380. The standard InChI is InChI=1S/C17H18N2O2S/c1-21-16(20)15(14-10-6-3-7-11-14)19-17(22)18-12-13-8-4-2-5-9-13/h2-11,15H,12H2,1H3,(H2,18,19,22). The molecule has 0 radical (unpaired) electrons. The molecule has 114 valence electrons. The summed E-state index contributed by atoms with van der Waals surface area (Å²) < 4.78 is 4.84. The number of benzene rings is 2. The summed E-state index contributed by atoms with van der Waals surface area (Å²) >= 11 is 5.27. The third-order valence-electron chi connectivity index (χ3n) is 3.14. The summed E-state index contributed by atoms with van der Waals surface area (Å²) in [5.41, 5.74) is 1.92. The van der Waals surface area contributed by atoms with Crippen LogP contribution in [0, 0.1) is 0 Å². The second-order valence-electron chi connectivity index (χ2n) is 4.68. The molecule has 2 rings (SSSR count). The summed E-state index contributed by atoms with van der Waals surface area (Å²) in [7, 11) is 1.36. The monoisotopic (exact) mass is 314 g/mol. The summed E-state index contributed by atoms with van der Waals surface area (Å²) in [4.78, 5) is 12.0. The average molecular weight is 314 g/mol. The highest BCUT2D eigenvalue weighted by atomic mass is 32.1. The topological polar surface area (TPSA) is 50.4 Å². The van der Waals surface area contributed by atoms with Crippen molar-refractivity contribution < 1.29 is 9.53 Å². The highest BCUT2D eigenvalue weighted by molar-refractivity contribution is 7.80. The van der Waals surface area contributed by atoms with E-state index in [0.717, 1.165) is 11.1 Å². The molecule has 0 saturated carbocycles. The molecule has 0 amide bonds. The number of carbonyl (C=O) groups excluding carboxylic acids is 1. The summed E-state index contributed by atoms with van der Waals surface area (Å²) in [6.07, 6.45) is 0. The van der Waals surface area contributed by atoms with Gasteiger partial charge in [-0.2, -0.15) is 0 Å². The average Bonchev–Trinajstić information content (AvgIpc) is 2.59. The van der Waals surface area contributed by atoms with Crippen molar-refractivity contribution in [3.63, 3.8) is 0 Å². The SMILES string of the molecule is COC(=O)C(NC(=S)NCc1ccccc1)c1ccccc1. The molecule has 0 aliphatic rings. The largest absolute Gasteiger partial charge is 0.467 e. The Kier molecular flexibility index (Phi) is 5.91. The van der Waals surface area contributed by atoms with Crippen molar-refractivity contribution in [3.8, 4) is 0 Å². The third kappa shape index (κ3) is 4.56. The fraction of sp³-hybridized carbons (Fsp3) is 0.176. The number of ether oxygens (including phenoxy) is 1. The molecule has 0 aliphatic carbocycles. The highest BCUT2D eigenvalue weighted by Crippen LogP contribution is 2.14. The predicted molar refractivity (Wildman–Crippen MR) is 90.2 cm³/mol. The molecule has 0 aromatic heterocycles. The van der Waals surface area contributed by atoms with Gasteiger partial charge in [0, 0.05) is 6.54 Å². The van der Waals surface area contributed by atoms with Crippen molar-refractivity contribution in [2.45, 2.75) is 12.6 Å². The van der Waals surface area contributed by atoms with Crippen LogP contribution in [0.3, 0.4) is 0 Å². The molecule has 0 aliphatic heterocycles. The van der Waals surface area contributed by atoms with E-state index in [2.05, 4.69) is 10.6 Å². The molecule has 22 heavy (non-hydrogen) atoms. The van der Waals surface area contributed by atoms with Gasteiger partial charge in [0.05, 0.1) is 7.11 Å². The van der Waals surface area contributed by atoms with Crippen LogP contribution in [-0.2, 0) is 16.1 Å². The Morgan fingerprint density at radius 1 is 1.09 bits per heavy atom. The van der Waals surface area contributed by atoms with Crippen LogP contribution in [-0.4, -0.2) is 18.2 Å². The lowest BCUT2D eigenvalue weighted by molar-refractivity contribution is -0.142. The lowest BCUT2D eigenvalue weighted by atomic mass is 10.1. The molecule has 0 heterocycles. The quantitative estimate of drug-likeness (QED) is 0.656. The van der Waals surface area contributed by atoms with Crippen molar-refractivity contribution in [1.29, 1.82) is 0 Å². The van der Waals surface area contributed by atoms with Gasteiger partial charge in [-0.1, -0.05) is 60.7 Å². The van der Waals surface area contributed by atoms with Crippen LogP contribution >= 0.6 is 12.2 Å². The van der Waals surface area contributed by atoms with Crippen molar-refractivity contribution in [1.82, 2.24) is 10.6 Å². The molecule has 0 saturated heterocycles. The second kappa shape index (κ2) is 8.14. The van der Waals surface area contributed by atoms with E-state index in [9.17, 15) is 4.79 Å². The Labute approximate surface area is 135 Å². The van der Waals surface area contributed by atoms with E-state index in [1.165, 1.54) is 7.11 Å². The van der Waals surface area contributed by atoms with Gasteiger partial charge in [-0.05, 0) is 23.3 Å². The van der Waals surface area contributed by atoms with Gasteiger partial charge in [-0.3, -0.25) is 0 Å². The first kappa shape index (κ1) is 16.0. The first-order chi connectivity index (χ1) is 10.7. The highest BCUT2D eigenvalue weighted by Gasteiger charge is 2.21. The smallest absolute Gasteiger partial charge is 0.333 e. The van der Waals surface area contributed by atoms with Crippen molar-refractivity contribution >= 4 is 23.3 Å². The Bertz CT molecular complexity index is 617. The summed E-state index contributed by atoms with van der Waals surface area (Å²) in [5.74, 6) is -0.380. The fourth-order valence-electron chi connectivity index (χ4n) is 2.00. The maximum atomic E-state index is 12.0. The van der Waals surface area contributed by atoms with E-state index in [1.807, 2.05) is 60.7 Å². The molecule has 0 fully saturated rings. The van der Waals surface area contributed by atoms with Crippen molar-refractivity contribution in [3.05, 3.63) is 71.8 Å². The van der Waals surface area contributed by atoms with Crippen LogP contribution in [0.15, 0.2) is 60.7 Å². The number of methoxy groups -OCH3 is 1. The third-order valence-corrected chi connectivity index (χ3v) is 3.40. The first-order valence-corrected chi connectivity index (χ1v) is 7.32. The van der Waals surface area contributed by atoms with Gasteiger partial charge in [0.1, 0.15) is 0 Å². The van der Waals surface area contributed by atoms with E-state index in [1.54, 1.807) is 0 Å². The van der Waals surface area contributed by atoms with Gasteiger partial charge in [-0.25, -0.2) is 4.79 Å². The molecule has 2 aromatic rings. The van der Waals surface area contributed by atoms with E-state index in [4.69, 9.17) is 17.0 Å². The maximum Gasteiger partial charge on any atom is 0.333 e. The summed E-state index contributed by atoms with van der Waals surface area (Å²) in [5, 5.41) is 6.50. The predicted octanol–water partition coefficient (Wildman–Crippen LogP) is 2.57. The van der Waals surface area contributed by atoms with Crippen LogP contribution < -0.4 is 10.6 Å². The van der Waals surface area contributed by atoms with Crippen molar-refractivity contribution in [2.24, 2.45) is 0 Å². The van der Waals surface area contributed by atoms with Gasteiger partial charge in [0.25, 0.3) is 0 Å². The molecular formula is C17H18N2O2S. The number of carbonyl (C=O) groups is 1. The molecule has 2 N–H and O–H groups in total. The van der Waals surface area contributed by atoms with E-state index >= 15 is 0 Å². The fourth-order valence-corrected chi connectivity index (χ4v) is 2.19. The number of nitrogens with one attached hydrogen (secondary N) is 2. The molecule has 1 unspecified atom stereocenters. The molecule has 0 spiro atoms. The molecule has 4 nitrogen and oxygen atoms in total. The summed E-state index contributed by atoms with van der Waals surface area (Å²) in [6.45, 7) is 0.593. The van der Waals surface area contributed by atoms with Crippen LogP contribution in [0.5, 0.6) is 0 Å². The lowest BCUT2D eigenvalue weighted by Crippen LogP contribution is -2.40. The van der Waals surface area contributed by atoms with Gasteiger partial charge in [-0.15, -0.1) is 0 Å². The van der Waals surface area contributed by atoms with Crippen LogP contribution in [0.2, 0.25) is 0 Å². The van der Waals surface area contributed by atoms with E-state index < -0.39 is 6.04 Å². The number of thiocarbonyl (C=S) groups is 1. The number of hydrogen-bond acceptors (Lipinski definition) is 3. The molecular weight excluding hydrogens is 296 g/mol. The minimum Gasteiger partial charge on any atom is -0.467 e. The van der Waals surface area contributed by atoms with E-state index in [-0.39, 0.29) is 5.97 Å². The van der Waals surface area contributed by atoms with Gasteiger partial charge in [0.15, 0.2) is 11.2 Å². The number of hydrogen-bond donors (Lipinski definition) is 2. The number of rotatable bonds is 5. The normalized spacial score (nSPS) is 11.3. The lowest BCUT2D eigenvalue weighted by Gasteiger charge is -2.19. The maximum absolute atomic E-state index is 12.0. The molecule has 1 atom stereocenters. The Hall–Kier alpha value is -2.40. The van der Waals surface area contributed by atoms with Crippen LogP contribution in [0.4, 0.5) is 0 Å².